The molecular formula is C55H73Cl4N5O12S2. The average Bonchev–Trinajstić information content (AvgIpc) is 4.13. The molecule has 17 nitrogen and oxygen atoms in total. The van der Waals surface area contributed by atoms with Gasteiger partial charge in [0.05, 0.1) is 67.3 Å². The van der Waals surface area contributed by atoms with Crippen LogP contribution in [0.3, 0.4) is 0 Å². The number of ether oxygens (including phenoxy) is 6. The Labute approximate surface area is 480 Å². The van der Waals surface area contributed by atoms with Crippen molar-refractivity contribution in [2.75, 3.05) is 106 Å². The van der Waals surface area contributed by atoms with Gasteiger partial charge in [-0.25, -0.2) is 26.4 Å². The molecule has 0 fully saturated rings. The summed E-state index contributed by atoms with van der Waals surface area (Å²) in [6.45, 7) is 3.20. The quantitative estimate of drug-likeness (QED) is 0.0369. The highest BCUT2D eigenvalue weighted by Gasteiger charge is 2.39. The van der Waals surface area contributed by atoms with Crippen LogP contribution in [0.25, 0.3) is 0 Å². The zero-order valence-electron chi connectivity index (χ0n) is 44.7. The number of nitrogens with zero attached hydrogens (tertiary/aromatic N) is 2. The molecule has 23 heteroatoms. The van der Waals surface area contributed by atoms with E-state index in [4.69, 9.17) is 74.8 Å². The van der Waals surface area contributed by atoms with Crippen molar-refractivity contribution in [1.82, 2.24) is 25.2 Å². The molecule has 3 N–H and O–H groups in total. The van der Waals surface area contributed by atoms with E-state index >= 15 is 0 Å². The zero-order chi connectivity index (χ0) is 56.2. The number of sulfone groups is 1. The fourth-order valence-corrected chi connectivity index (χ4v) is 12.7. The van der Waals surface area contributed by atoms with Crippen LogP contribution in [0.5, 0.6) is 11.5 Å². The van der Waals surface area contributed by atoms with Crippen molar-refractivity contribution in [2.24, 2.45) is 0 Å². The van der Waals surface area contributed by atoms with Crippen LogP contribution in [0, 0.1) is 0 Å². The minimum atomic E-state index is -3.77. The summed E-state index contributed by atoms with van der Waals surface area (Å²) in [4.78, 5) is 28.9. The van der Waals surface area contributed by atoms with Gasteiger partial charge in [-0.15, -0.1) is 0 Å². The number of carbonyl (C=O) groups excluding carboxylic acids is 2. The second-order valence-corrected chi connectivity index (χ2v) is 25.1. The average molecular weight is 1200 g/mol. The van der Waals surface area contributed by atoms with Gasteiger partial charge in [-0.1, -0.05) is 52.8 Å². The molecule has 2 aliphatic rings. The summed E-state index contributed by atoms with van der Waals surface area (Å²) in [5.41, 5.74) is 3.84. The molecular weight excluding hydrogens is 1130 g/mol. The molecule has 4 aromatic rings. The minimum Gasteiger partial charge on any atom is -0.484 e. The third kappa shape index (κ3) is 19.4. The Hall–Kier alpha value is -3.80. The number of sulfonamides is 1. The van der Waals surface area contributed by atoms with Gasteiger partial charge >= 0.3 is 6.03 Å². The smallest absolute Gasteiger partial charge is 0.314 e. The molecule has 0 radical (unpaired) electrons. The topological polar surface area (TPSA) is 200 Å². The Morgan fingerprint density at radius 2 is 1.00 bits per heavy atom. The first kappa shape index (κ1) is 63.4. The third-order valence-corrected chi connectivity index (χ3v) is 17.8. The van der Waals surface area contributed by atoms with Gasteiger partial charge in [0.25, 0.3) is 0 Å². The van der Waals surface area contributed by atoms with Crippen molar-refractivity contribution in [3.63, 3.8) is 0 Å². The van der Waals surface area contributed by atoms with Crippen LogP contribution in [-0.4, -0.2) is 157 Å². The fourth-order valence-electron chi connectivity index (χ4n) is 9.20. The number of urea groups is 1. The standard InChI is InChI=1S/C55H73Cl4N5O12S2/c1-63(2)51-36-45-47(32-38(56)34-49(45)58)53(51)75-41-12-16-43(17-13-41)77(67,68)31-9-24-72-28-29-73-25-21-61-55(66)60-20-7-5-6-10-40(65)11-8-23-71-27-30-74-26-22-62-78(69,70)44-18-14-42(15-19-44)76-54-48-33-39(57)35-50(59)46(48)37-52(54)64(3)4/h12-19,32-35,51-54,62H,5-11,20-31,36-37H2,1-4H3,(H2,60,61,66)/t51?,52-,53-,54-/m0/s1. The van der Waals surface area contributed by atoms with Gasteiger partial charge in [-0.05, 0) is 151 Å². The molecule has 6 rings (SSSR count). The van der Waals surface area contributed by atoms with E-state index in [1.165, 1.54) is 12.1 Å². The van der Waals surface area contributed by atoms with E-state index < -0.39 is 19.9 Å². The number of likely N-dealkylation sites (N-methyl/N-ethyl adjacent to an activating group) is 2. The molecule has 1 unspecified atom stereocenters. The maximum absolute atomic E-state index is 13.0. The lowest BCUT2D eigenvalue weighted by atomic mass is 10.1. The number of halogens is 4. The second-order valence-electron chi connectivity index (χ2n) is 19.6. The van der Waals surface area contributed by atoms with Crippen LogP contribution in [0.1, 0.15) is 79.4 Å². The molecule has 2 amide bonds. The third-order valence-electron chi connectivity index (χ3n) is 13.4. The van der Waals surface area contributed by atoms with Crippen molar-refractivity contribution >= 4 is 78.1 Å². The largest absolute Gasteiger partial charge is 0.484 e. The Bertz CT molecular complexity index is 2610. The van der Waals surface area contributed by atoms with E-state index in [9.17, 15) is 26.4 Å². The molecule has 0 bridgehead atoms. The monoisotopic (exact) mass is 1200 g/mol. The number of ketones is 1. The Balaban J connectivity index is 0.694. The minimum absolute atomic E-state index is 0.0243. The van der Waals surface area contributed by atoms with E-state index in [2.05, 4.69) is 25.2 Å². The van der Waals surface area contributed by atoms with Crippen molar-refractivity contribution in [2.45, 2.75) is 91.9 Å². The molecule has 0 aliphatic heterocycles. The number of rotatable bonds is 35. The normalized spacial score (nSPS) is 17.1. The van der Waals surface area contributed by atoms with Gasteiger partial charge in [0.2, 0.25) is 10.0 Å². The van der Waals surface area contributed by atoms with Crippen LogP contribution in [0.15, 0.2) is 82.6 Å². The molecule has 0 saturated heterocycles. The lowest BCUT2D eigenvalue weighted by Gasteiger charge is -2.27. The highest BCUT2D eigenvalue weighted by atomic mass is 35.5. The summed E-state index contributed by atoms with van der Waals surface area (Å²) >= 11 is 25.6. The molecule has 4 atom stereocenters. The Morgan fingerprint density at radius 3 is 1.53 bits per heavy atom. The highest BCUT2D eigenvalue weighted by molar-refractivity contribution is 7.91. The lowest BCUT2D eigenvalue weighted by Crippen LogP contribution is -2.37. The maximum atomic E-state index is 13.0. The van der Waals surface area contributed by atoms with E-state index in [-0.39, 0.29) is 84.6 Å². The highest BCUT2D eigenvalue weighted by Crippen LogP contribution is 2.44. The molecule has 4 aromatic carbocycles. The van der Waals surface area contributed by atoms with Crippen LogP contribution in [0.2, 0.25) is 20.1 Å². The first-order valence-corrected chi connectivity index (χ1v) is 30.9. The van der Waals surface area contributed by atoms with Gasteiger partial charge in [0.15, 0.2) is 9.84 Å². The number of amides is 2. The summed E-state index contributed by atoms with van der Waals surface area (Å²) in [6, 6.07) is 19.7. The number of fused-ring (bicyclic) bond motifs is 2. The molecule has 0 saturated carbocycles. The predicted molar refractivity (Wildman–Crippen MR) is 304 cm³/mol. The lowest BCUT2D eigenvalue weighted by molar-refractivity contribution is -0.119. The first-order valence-electron chi connectivity index (χ1n) is 26.2. The van der Waals surface area contributed by atoms with Crippen LogP contribution in [0.4, 0.5) is 4.79 Å². The predicted octanol–water partition coefficient (Wildman–Crippen LogP) is 8.93. The van der Waals surface area contributed by atoms with E-state index in [0.29, 0.717) is 110 Å². The van der Waals surface area contributed by atoms with Gasteiger partial charge in [0.1, 0.15) is 29.5 Å². The molecule has 2 aliphatic carbocycles. The molecule has 78 heavy (non-hydrogen) atoms. The van der Waals surface area contributed by atoms with Crippen molar-refractivity contribution < 1.29 is 54.8 Å². The molecule has 430 valence electrons. The summed E-state index contributed by atoms with van der Waals surface area (Å²) in [5, 5.41) is 7.81. The molecule has 0 aromatic heterocycles. The first-order chi connectivity index (χ1) is 37.3. The number of hydrogen-bond acceptors (Lipinski definition) is 14. The van der Waals surface area contributed by atoms with Crippen LogP contribution < -0.4 is 24.8 Å². The summed E-state index contributed by atoms with van der Waals surface area (Å²) in [7, 11) is 0.607. The maximum Gasteiger partial charge on any atom is 0.314 e. The van der Waals surface area contributed by atoms with E-state index in [0.717, 1.165) is 41.5 Å². The van der Waals surface area contributed by atoms with E-state index in [1.807, 2.05) is 40.3 Å². The zero-order valence-corrected chi connectivity index (χ0v) is 49.4. The number of benzene rings is 4. The summed E-state index contributed by atoms with van der Waals surface area (Å²) in [6.07, 6.45) is 4.85. The van der Waals surface area contributed by atoms with Gasteiger partial charge in [0, 0.05) is 76.9 Å². The van der Waals surface area contributed by atoms with Crippen molar-refractivity contribution in [1.29, 1.82) is 0 Å². The number of nitrogens with one attached hydrogen (secondary N) is 3. The van der Waals surface area contributed by atoms with Gasteiger partial charge in [-0.2, -0.15) is 0 Å². The van der Waals surface area contributed by atoms with Gasteiger partial charge < -0.3 is 48.9 Å². The molecule has 0 heterocycles. The van der Waals surface area contributed by atoms with Crippen molar-refractivity contribution in [3.05, 3.63) is 115 Å². The SMILES string of the molecule is CN(C)C1Cc2c(Cl)cc(Cl)cc2[C@@H]1Oc1ccc(S(=O)(=O)CCCOCCOCCNC(=O)NCCCCCC(=O)CCCOCCOCCNS(=O)(=O)c2ccc(O[C@H]3c4cc(Cl)cc(Cl)c4C[C@@H]3N(C)C)cc2)cc1. The van der Waals surface area contributed by atoms with Crippen molar-refractivity contribution in [3.8, 4) is 11.5 Å². The number of carbonyl (C=O) groups is 2. The number of hydrogen-bond donors (Lipinski definition) is 3. The Kier molecular flexibility index (Phi) is 25.5. The second kappa shape index (κ2) is 31.4. The van der Waals surface area contributed by atoms with Gasteiger partial charge in [-0.3, -0.25) is 4.79 Å². The van der Waals surface area contributed by atoms with E-state index in [1.54, 1.807) is 48.5 Å². The number of Topliss-reactive ketones (excluding diaryl/α,β-unsaturated/α-hetero) is 1. The summed E-state index contributed by atoms with van der Waals surface area (Å²) in [5.74, 6) is 1.16. The fraction of sp³-hybridized carbons (Fsp3) is 0.527. The Morgan fingerprint density at radius 1 is 0.538 bits per heavy atom. The summed E-state index contributed by atoms with van der Waals surface area (Å²) < 4.78 is 89.3. The molecule has 0 spiro atoms. The van der Waals surface area contributed by atoms with Crippen LogP contribution in [-0.2, 0) is 56.4 Å². The van der Waals surface area contributed by atoms with Crippen LogP contribution >= 0.6 is 46.4 Å². The number of unbranched alkanes of at least 4 members (excludes halogenated alkanes) is 2.